The second kappa shape index (κ2) is 16.9. The molecule has 38 heavy (non-hydrogen) atoms. The van der Waals surface area contributed by atoms with Crippen molar-refractivity contribution in [2.45, 2.75) is 127 Å². The minimum Gasteiger partial charge on any atom is -0.505 e. The summed E-state index contributed by atoms with van der Waals surface area (Å²) in [4.78, 5) is 24.2. The maximum absolute atomic E-state index is 12.2. The van der Waals surface area contributed by atoms with Crippen molar-refractivity contribution >= 4 is 11.9 Å². The predicted octanol–water partition coefficient (Wildman–Crippen LogP) is 1.10. The van der Waals surface area contributed by atoms with Crippen LogP contribution in [0.25, 0.3) is 0 Å². The Morgan fingerprint density at radius 2 is 1.50 bits per heavy atom. The molecule has 0 aromatic rings. The number of hydrogen-bond donors (Lipinski definition) is 6. The number of esters is 2. The first-order valence-corrected chi connectivity index (χ1v) is 13.7. The summed E-state index contributed by atoms with van der Waals surface area (Å²) >= 11 is 0. The van der Waals surface area contributed by atoms with E-state index in [0.717, 1.165) is 19.3 Å². The summed E-state index contributed by atoms with van der Waals surface area (Å²) < 4.78 is 20.2. The normalized spacial score (nSPS) is 28.3. The van der Waals surface area contributed by atoms with Gasteiger partial charge >= 0.3 is 11.9 Å². The van der Waals surface area contributed by atoms with Crippen LogP contribution in [-0.4, -0.2) is 98.7 Å². The Bertz CT molecular complexity index is 755. The number of cyclic esters (lactones) is 1. The SMILES string of the molecule is CCCCCCCCCCCCCC(=O)OC[C@H](O)[C@H]1OC(=O)C(O[C@@H]2OC(CO)[C@@H](O)C(O)[C@@H]2O)=C1O. The van der Waals surface area contributed by atoms with Gasteiger partial charge in [0.05, 0.1) is 6.61 Å². The fourth-order valence-corrected chi connectivity index (χ4v) is 4.38. The van der Waals surface area contributed by atoms with Crippen LogP contribution in [-0.2, 0) is 28.5 Å². The van der Waals surface area contributed by atoms with Gasteiger partial charge < -0.3 is 49.6 Å². The number of aliphatic hydroxyl groups excluding tert-OH is 6. The van der Waals surface area contributed by atoms with Crippen molar-refractivity contribution in [2.75, 3.05) is 13.2 Å². The van der Waals surface area contributed by atoms with Crippen LogP contribution in [0.4, 0.5) is 0 Å². The molecule has 0 aliphatic carbocycles. The summed E-state index contributed by atoms with van der Waals surface area (Å²) in [6.07, 6.45) is 1.38. The first kappa shape index (κ1) is 32.3. The smallest absolute Gasteiger partial charge is 0.378 e. The van der Waals surface area contributed by atoms with Gasteiger partial charge in [0.1, 0.15) is 37.1 Å². The number of aliphatic hydroxyl groups is 6. The summed E-state index contributed by atoms with van der Waals surface area (Å²) in [5, 5.41) is 59.6. The molecule has 0 bridgehead atoms. The van der Waals surface area contributed by atoms with E-state index in [-0.39, 0.29) is 6.42 Å². The number of carbonyl (C=O) groups excluding carboxylic acids is 2. The zero-order valence-corrected chi connectivity index (χ0v) is 22.1. The molecule has 0 radical (unpaired) electrons. The topological polar surface area (TPSA) is 192 Å². The first-order chi connectivity index (χ1) is 18.2. The highest BCUT2D eigenvalue weighted by Crippen LogP contribution is 2.29. The van der Waals surface area contributed by atoms with E-state index >= 15 is 0 Å². The fraction of sp³-hybridized carbons (Fsp3) is 0.846. The molecule has 7 atom stereocenters. The molecule has 0 spiro atoms. The van der Waals surface area contributed by atoms with Crippen molar-refractivity contribution in [1.29, 1.82) is 0 Å². The summed E-state index contributed by atoms with van der Waals surface area (Å²) in [6.45, 7) is 0.953. The van der Waals surface area contributed by atoms with Gasteiger partial charge in [-0.25, -0.2) is 4.79 Å². The standard InChI is InChI=1S/C26H44O12/c1-2-3-4-5-6-7-8-9-10-11-12-13-18(29)35-15-16(28)23-22(33)24(25(34)37-23)38-26-21(32)20(31)19(30)17(14-27)36-26/h16-17,19-21,23,26-28,30-33H,2-15H2,1H3/t16-,17?,19+,20?,21-,23+,26-/m0/s1. The Balaban J connectivity index is 1.68. The molecule has 2 aliphatic rings. The van der Waals surface area contributed by atoms with Gasteiger partial charge in [0.2, 0.25) is 12.0 Å². The molecular weight excluding hydrogens is 504 g/mol. The average molecular weight is 549 g/mol. The third kappa shape index (κ3) is 9.65. The van der Waals surface area contributed by atoms with E-state index in [1.54, 1.807) is 0 Å². The molecule has 0 aromatic heterocycles. The van der Waals surface area contributed by atoms with Crippen molar-refractivity contribution in [3.63, 3.8) is 0 Å². The Morgan fingerprint density at radius 1 is 0.921 bits per heavy atom. The van der Waals surface area contributed by atoms with Gasteiger partial charge in [0, 0.05) is 6.42 Å². The molecule has 6 N–H and O–H groups in total. The molecule has 220 valence electrons. The predicted molar refractivity (Wildman–Crippen MR) is 132 cm³/mol. The minimum absolute atomic E-state index is 0.182. The molecule has 12 heteroatoms. The van der Waals surface area contributed by atoms with Crippen LogP contribution in [0, 0.1) is 0 Å². The monoisotopic (exact) mass is 548 g/mol. The Hall–Kier alpha value is -1.96. The molecule has 2 unspecified atom stereocenters. The van der Waals surface area contributed by atoms with Crippen molar-refractivity contribution < 1.29 is 59.2 Å². The Kier molecular flexibility index (Phi) is 14.3. The van der Waals surface area contributed by atoms with Gasteiger partial charge in [-0.15, -0.1) is 0 Å². The van der Waals surface area contributed by atoms with Crippen LogP contribution in [0.2, 0.25) is 0 Å². The van der Waals surface area contributed by atoms with E-state index in [1.807, 2.05) is 0 Å². The second-order valence-corrected chi connectivity index (χ2v) is 9.89. The van der Waals surface area contributed by atoms with Crippen molar-refractivity contribution in [2.24, 2.45) is 0 Å². The first-order valence-electron chi connectivity index (χ1n) is 13.7. The number of unbranched alkanes of at least 4 members (excludes halogenated alkanes) is 10. The van der Waals surface area contributed by atoms with E-state index in [9.17, 15) is 40.2 Å². The van der Waals surface area contributed by atoms with Crippen LogP contribution in [0.1, 0.15) is 84.0 Å². The van der Waals surface area contributed by atoms with E-state index in [4.69, 9.17) is 18.9 Å². The Morgan fingerprint density at radius 3 is 2.08 bits per heavy atom. The average Bonchev–Trinajstić information content (AvgIpc) is 3.18. The lowest BCUT2D eigenvalue weighted by Crippen LogP contribution is -2.59. The van der Waals surface area contributed by atoms with E-state index < -0.39 is 79.6 Å². The molecule has 2 rings (SSSR count). The van der Waals surface area contributed by atoms with Gasteiger partial charge in [-0.1, -0.05) is 71.1 Å². The largest absolute Gasteiger partial charge is 0.505 e. The van der Waals surface area contributed by atoms with Gasteiger partial charge in [0.25, 0.3) is 0 Å². The van der Waals surface area contributed by atoms with Crippen LogP contribution in [0.3, 0.4) is 0 Å². The maximum atomic E-state index is 12.2. The highest BCUT2D eigenvalue weighted by molar-refractivity contribution is 5.89. The molecule has 0 aromatic carbocycles. The number of hydrogen-bond acceptors (Lipinski definition) is 12. The number of carbonyl (C=O) groups is 2. The van der Waals surface area contributed by atoms with Gasteiger partial charge in [-0.05, 0) is 6.42 Å². The molecule has 12 nitrogen and oxygen atoms in total. The molecule has 2 heterocycles. The van der Waals surface area contributed by atoms with Crippen LogP contribution in [0.5, 0.6) is 0 Å². The maximum Gasteiger partial charge on any atom is 0.378 e. The lowest BCUT2D eigenvalue weighted by molar-refractivity contribution is -0.291. The fourth-order valence-electron chi connectivity index (χ4n) is 4.38. The quantitative estimate of drug-likeness (QED) is 0.106. The summed E-state index contributed by atoms with van der Waals surface area (Å²) in [5.74, 6) is -3.31. The highest BCUT2D eigenvalue weighted by Gasteiger charge is 2.48. The zero-order chi connectivity index (χ0) is 28.1. The van der Waals surface area contributed by atoms with E-state index in [2.05, 4.69) is 6.92 Å². The number of rotatable bonds is 18. The van der Waals surface area contributed by atoms with Gasteiger partial charge in [0.15, 0.2) is 11.9 Å². The lowest BCUT2D eigenvalue weighted by Gasteiger charge is -2.39. The second-order valence-electron chi connectivity index (χ2n) is 9.89. The summed E-state index contributed by atoms with van der Waals surface area (Å²) in [5.41, 5.74) is 0. The molecule has 1 saturated heterocycles. The van der Waals surface area contributed by atoms with Crippen molar-refractivity contribution in [1.82, 2.24) is 0 Å². The van der Waals surface area contributed by atoms with Crippen LogP contribution < -0.4 is 0 Å². The minimum atomic E-state index is -1.82. The molecule has 1 fully saturated rings. The van der Waals surface area contributed by atoms with Gasteiger partial charge in [-0.3, -0.25) is 4.79 Å². The highest BCUT2D eigenvalue weighted by atomic mass is 16.7. The van der Waals surface area contributed by atoms with Gasteiger partial charge in [-0.2, -0.15) is 0 Å². The van der Waals surface area contributed by atoms with Crippen LogP contribution in [0.15, 0.2) is 11.5 Å². The van der Waals surface area contributed by atoms with E-state index in [1.165, 1.54) is 44.9 Å². The van der Waals surface area contributed by atoms with Crippen molar-refractivity contribution in [3.8, 4) is 0 Å². The summed E-state index contributed by atoms with van der Waals surface area (Å²) in [7, 11) is 0. The van der Waals surface area contributed by atoms with Crippen molar-refractivity contribution in [3.05, 3.63) is 11.5 Å². The summed E-state index contributed by atoms with van der Waals surface area (Å²) in [6, 6.07) is 0. The van der Waals surface area contributed by atoms with E-state index in [0.29, 0.717) is 6.42 Å². The van der Waals surface area contributed by atoms with Crippen LogP contribution >= 0.6 is 0 Å². The molecule has 0 amide bonds. The number of ether oxygens (including phenoxy) is 4. The lowest BCUT2D eigenvalue weighted by atomic mass is 9.99. The molecule has 0 saturated carbocycles. The Labute approximate surface area is 223 Å². The molecular formula is C26H44O12. The third-order valence-electron chi connectivity index (χ3n) is 6.75. The zero-order valence-electron chi connectivity index (χ0n) is 22.1. The third-order valence-corrected chi connectivity index (χ3v) is 6.75. The molecule has 2 aliphatic heterocycles.